The topological polar surface area (TPSA) is 61.7 Å². The van der Waals surface area contributed by atoms with Crippen LogP contribution in [0, 0.1) is 5.92 Å². The molecule has 0 saturated carbocycles. The van der Waals surface area contributed by atoms with Gasteiger partial charge in [0.2, 0.25) is 0 Å². The number of hydrogen-bond donors (Lipinski definition) is 2. The van der Waals surface area contributed by atoms with Crippen molar-refractivity contribution in [2.75, 3.05) is 5.43 Å². The number of halogens is 1. The molecule has 15 heavy (non-hydrogen) atoms. The zero-order valence-corrected chi connectivity index (χ0v) is 9.73. The number of anilines is 1. The van der Waals surface area contributed by atoms with Gasteiger partial charge in [-0.1, -0.05) is 22.0 Å². The van der Waals surface area contributed by atoms with E-state index in [2.05, 4.69) is 26.5 Å². The van der Waals surface area contributed by atoms with Gasteiger partial charge in [0, 0.05) is 10.7 Å². The Morgan fingerprint density at radius 2 is 2.40 bits per heavy atom. The Kier molecular flexibility index (Phi) is 4.30. The first-order valence-electron chi connectivity index (χ1n) is 4.37. The smallest absolute Gasteiger partial charge is 0.311 e. The second-order valence-corrected chi connectivity index (χ2v) is 3.94. The molecule has 1 rings (SSSR count). The summed E-state index contributed by atoms with van der Waals surface area (Å²) in [5, 5.41) is 12.4. The first-order chi connectivity index (χ1) is 7.09. The highest BCUT2D eigenvalue weighted by molar-refractivity contribution is 9.10. The van der Waals surface area contributed by atoms with Crippen LogP contribution in [0.15, 0.2) is 33.8 Å². The number of aliphatic carboxylic acids is 1. The molecule has 0 fully saturated rings. The van der Waals surface area contributed by atoms with Crippen molar-refractivity contribution >= 4 is 33.8 Å². The van der Waals surface area contributed by atoms with E-state index in [0.29, 0.717) is 0 Å². The molecule has 0 aliphatic heterocycles. The number of benzene rings is 1. The molecule has 1 aromatic rings. The van der Waals surface area contributed by atoms with E-state index in [9.17, 15) is 4.79 Å². The van der Waals surface area contributed by atoms with Crippen LogP contribution in [0.2, 0.25) is 0 Å². The summed E-state index contributed by atoms with van der Waals surface area (Å²) in [6.07, 6.45) is 1.35. The number of carbonyl (C=O) groups is 1. The SMILES string of the molecule is CC(C=NNc1cccc(Br)c1)C(=O)O. The molecule has 0 spiro atoms. The van der Waals surface area contributed by atoms with Crippen molar-refractivity contribution in [3.63, 3.8) is 0 Å². The molecular weight excluding hydrogens is 260 g/mol. The molecular formula is C10H11BrN2O2. The van der Waals surface area contributed by atoms with E-state index in [4.69, 9.17) is 5.11 Å². The van der Waals surface area contributed by atoms with Gasteiger partial charge in [0.05, 0.1) is 11.6 Å². The van der Waals surface area contributed by atoms with Gasteiger partial charge in [-0.05, 0) is 25.1 Å². The maximum Gasteiger partial charge on any atom is 0.311 e. The highest BCUT2D eigenvalue weighted by atomic mass is 79.9. The van der Waals surface area contributed by atoms with E-state index in [1.807, 2.05) is 24.3 Å². The Labute approximate surface area is 96.1 Å². The normalized spacial score (nSPS) is 12.7. The van der Waals surface area contributed by atoms with Crippen LogP contribution in [-0.4, -0.2) is 17.3 Å². The summed E-state index contributed by atoms with van der Waals surface area (Å²) in [6.45, 7) is 1.56. The fourth-order valence-electron chi connectivity index (χ4n) is 0.845. The summed E-state index contributed by atoms with van der Waals surface area (Å²) in [7, 11) is 0. The predicted molar refractivity (Wildman–Crippen MR) is 63.1 cm³/mol. The van der Waals surface area contributed by atoms with Crippen LogP contribution in [-0.2, 0) is 4.79 Å². The number of nitrogens with one attached hydrogen (secondary N) is 1. The molecule has 1 atom stereocenters. The van der Waals surface area contributed by atoms with Gasteiger partial charge in [0.25, 0.3) is 0 Å². The summed E-state index contributed by atoms with van der Waals surface area (Å²) >= 11 is 3.32. The van der Waals surface area contributed by atoms with Gasteiger partial charge in [0.1, 0.15) is 0 Å². The van der Waals surface area contributed by atoms with Gasteiger partial charge in [-0.25, -0.2) is 0 Å². The minimum atomic E-state index is -0.894. The van der Waals surface area contributed by atoms with Crippen LogP contribution in [0.25, 0.3) is 0 Å². The lowest BCUT2D eigenvalue weighted by molar-refractivity contribution is -0.138. The molecule has 0 heterocycles. The predicted octanol–water partition coefficient (Wildman–Crippen LogP) is 2.57. The number of carboxylic acids is 1. The minimum absolute atomic E-state index is 0.593. The summed E-state index contributed by atoms with van der Waals surface area (Å²) in [6, 6.07) is 7.45. The second kappa shape index (κ2) is 5.50. The van der Waals surface area contributed by atoms with Crippen molar-refractivity contribution < 1.29 is 9.90 Å². The Bertz CT molecular complexity index is 379. The number of rotatable bonds is 4. The maximum absolute atomic E-state index is 10.5. The Balaban J connectivity index is 2.53. The van der Waals surface area contributed by atoms with Crippen molar-refractivity contribution in [1.29, 1.82) is 0 Å². The van der Waals surface area contributed by atoms with Crippen LogP contribution < -0.4 is 5.43 Å². The zero-order valence-electron chi connectivity index (χ0n) is 8.14. The highest BCUT2D eigenvalue weighted by Gasteiger charge is 2.05. The monoisotopic (exact) mass is 270 g/mol. The Hall–Kier alpha value is -1.36. The quantitative estimate of drug-likeness (QED) is 0.653. The molecule has 0 amide bonds. The first kappa shape index (κ1) is 11.7. The standard InChI is InChI=1S/C10H11BrN2O2/c1-7(10(14)15)6-12-13-9-4-2-3-8(11)5-9/h2-7,13H,1H3,(H,14,15). The molecule has 0 aromatic heterocycles. The molecule has 0 radical (unpaired) electrons. The highest BCUT2D eigenvalue weighted by Crippen LogP contribution is 2.15. The molecule has 4 nitrogen and oxygen atoms in total. The summed E-state index contributed by atoms with van der Waals surface area (Å²) in [5.74, 6) is -1.49. The minimum Gasteiger partial charge on any atom is -0.481 e. The maximum atomic E-state index is 10.5. The Morgan fingerprint density at radius 1 is 1.67 bits per heavy atom. The zero-order chi connectivity index (χ0) is 11.3. The Morgan fingerprint density at radius 3 is 3.00 bits per heavy atom. The molecule has 1 unspecified atom stereocenters. The number of nitrogens with zero attached hydrogens (tertiary/aromatic N) is 1. The van der Waals surface area contributed by atoms with Crippen molar-refractivity contribution in [2.24, 2.45) is 11.0 Å². The van der Waals surface area contributed by atoms with E-state index < -0.39 is 11.9 Å². The largest absolute Gasteiger partial charge is 0.481 e. The summed E-state index contributed by atoms with van der Waals surface area (Å²) in [5.41, 5.74) is 3.55. The van der Waals surface area contributed by atoms with Gasteiger partial charge in [-0.3, -0.25) is 10.2 Å². The third-order valence-electron chi connectivity index (χ3n) is 1.71. The molecule has 1 aromatic carbocycles. The van der Waals surface area contributed by atoms with Gasteiger partial charge in [0.15, 0.2) is 0 Å². The van der Waals surface area contributed by atoms with Crippen LogP contribution in [0.5, 0.6) is 0 Å². The fourth-order valence-corrected chi connectivity index (χ4v) is 1.24. The van der Waals surface area contributed by atoms with Crippen molar-refractivity contribution in [3.8, 4) is 0 Å². The first-order valence-corrected chi connectivity index (χ1v) is 5.16. The molecule has 80 valence electrons. The van der Waals surface area contributed by atoms with Crippen molar-refractivity contribution in [1.82, 2.24) is 0 Å². The molecule has 0 aliphatic rings. The summed E-state index contributed by atoms with van der Waals surface area (Å²) < 4.78 is 0.939. The molecule has 0 saturated heterocycles. The third kappa shape index (κ3) is 4.12. The number of carboxylic acid groups (broad SMARTS) is 1. The lowest BCUT2D eigenvalue weighted by Gasteiger charge is -2.01. The molecule has 0 bridgehead atoms. The van der Waals surface area contributed by atoms with Gasteiger partial charge < -0.3 is 5.11 Å². The van der Waals surface area contributed by atoms with E-state index in [1.165, 1.54) is 6.21 Å². The van der Waals surface area contributed by atoms with E-state index in [0.717, 1.165) is 10.2 Å². The molecule has 2 N–H and O–H groups in total. The van der Waals surface area contributed by atoms with E-state index >= 15 is 0 Å². The van der Waals surface area contributed by atoms with E-state index in [-0.39, 0.29) is 0 Å². The second-order valence-electron chi connectivity index (χ2n) is 3.03. The van der Waals surface area contributed by atoms with Crippen LogP contribution in [0.4, 0.5) is 5.69 Å². The van der Waals surface area contributed by atoms with Gasteiger partial charge >= 0.3 is 5.97 Å². The van der Waals surface area contributed by atoms with E-state index in [1.54, 1.807) is 6.92 Å². The van der Waals surface area contributed by atoms with Crippen molar-refractivity contribution in [2.45, 2.75) is 6.92 Å². The average molecular weight is 271 g/mol. The van der Waals surface area contributed by atoms with Crippen molar-refractivity contribution in [3.05, 3.63) is 28.7 Å². The van der Waals surface area contributed by atoms with Gasteiger partial charge in [-0.2, -0.15) is 5.10 Å². The van der Waals surface area contributed by atoms with Crippen LogP contribution in [0.1, 0.15) is 6.92 Å². The molecule has 5 heteroatoms. The number of hydrazone groups is 1. The summed E-state index contributed by atoms with van der Waals surface area (Å²) in [4.78, 5) is 10.5. The number of hydrogen-bond acceptors (Lipinski definition) is 3. The van der Waals surface area contributed by atoms with Crippen LogP contribution >= 0.6 is 15.9 Å². The lowest BCUT2D eigenvalue weighted by Crippen LogP contribution is -2.11. The van der Waals surface area contributed by atoms with Gasteiger partial charge in [-0.15, -0.1) is 0 Å². The fraction of sp³-hybridized carbons (Fsp3) is 0.200. The van der Waals surface area contributed by atoms with Crippen LogP contribution in [0.3, 0.4) is 0 Å². The average Bonchev–Trinajstić information content (AvgIpc) is 2.17. The lowest BCUT2D eigenvalue weighted by atomic mass is 10.2. The molecule has 0 aliphatic carbocycles. The third-order valence-corrected chi connectivity index (χ3v) is 2.20.